The van der Waals surface area contributed by atoms with Gasteiger partial charge in [0, 0.05) is 11.3 Å². The molecule has 0 fully saturated rings. The number of benzene rings is 1. The summed E-state index contributed by atoms with van der Waals surface area (Å²) >= 11 is 5.98. The van der Waals surface area contributed by atoms with E-state index in [0.717, 1.165) is 28.3 Å². The van der Waals surface area contributed by atoms with Crippen molar-refractivity contribution < 1.29 is 9.47 Å². The molecule has 20 heavy (non-hydrogen) atoms. The largest absolute Gasteiger partial charge is 0.494 e. The van der Waals surface area contributed by atoms with Crippen molar-refractivity contribution in [2.24, 2.45) is 0 Å². The van der Waals surface area contributed by atoms with Gasteiger partial charge in [-0.1, -0.05) is 0 Å². The van der Waals surface area contributed by atoms with Crippen molar-refractivity contribution in [3.63, 3.8) is 0 Å². The predicted molar refractivity (Wildman–Crippen MR) is 81.0 cm³/mol. The Balaban J connectivity index is 2.25. The normalized spacial score (nSPS) is 10.4. The second-order valence-electron chi connectivity index (χ2n) is 4.50. The summed E-state index contributed by atoms with van der Waals surface area (Å²) in [7, 11) is 0. The first kappa shape index (κ1) is 14.7. The molecule has 0 amide bonds. The number of hydrogen-bond donors (Lipinski definition) is 0. The molecule has 0 N–H and O–H groups in total. The third kappa shape index (κ3) is 3.42. The molecule has 0 aliphatic rings. The number of ether oxygens (including phenoxy) is 2. The zero-order chi connectivity index (χ0) is 14.5. The molecule has 0 aliphatic carbocycles. The molecule has 1 aromatic heterocycles. The van der Waals surface area contributed by atoms with E-state index in [0.29, 0.717) is 18.4 Å². The van der Waals surface area contributed by atoms with Crippen molar-refractivity contribution in [1.82, 2.24) is 4.98 Å². The van der Waals surface area contributed by atoms with Gasteiger partial charge in [0.1, 0.15) is 11.5 Å². The number of pyridine rings is 1. The minimum atomic E-state index is 0.380. The van der Waals surface area contributed by atoms with E-state index in [1.165, 1.54) is 0 Å². The first-order valence-electron chi connectivity index (χ1n) is 6.57. The summed E-state index contributed by atoms with van der Waals surface area (Å²) in [6.07, 6.45) is 0. The van der Waals surface area contributed by atoms with Crippen LogP contribution in [-0.4, -0.2) is 11.6 Å². The van der Waals surface area contributed by atoms with Gasteiger partial charge in [-0.2, -0.15) is 0 Å². The minimum absolute atomic E-state index is 0.380. The lowest BCUT2D eigenvalue weighted by Gasteiger charge is -2.12. The van der Waals surface area contributed by atoms with Gasteiger partial charge in [-0.15, -0.1) is 11.6 Å². The van der Waals surface area contributed by atoms with Gasteiger partial charge in [-0.25, -0.2) is 4.98 Å². The van der Waals surface area contributed by atoms with E-state index in [2.05, 4.69) is 4.98 Å². The van der Waals surface area contributed by atoms with Gasteiger partial charge < -0.3 is 9.47 Å². The van der Waals surface area contributed by atoms with Crippen molar-refractivity contribution in [1.29, 1.82) is 0 Å². The number of alkyl halides is 1. The molecule has 2 rings (SSSR count). The van der Waals surface area contributed by atoms with Crippen LogP contribution in [0.3, 0.4) is 0 Å². The second kappa shape index (κ2) is 6.62. The SMILES string of the molecule is CCOc1ccc(Oc2nc(C)cc(C)c2CCl)cc1. The highest BCUT2D eigenvalue weighted by atomic mass is 35.5. The highest BCUT2D eigenvalue weighted by Gasteiger charge is 2.10. The van der Waals surface area contributed by atoms with Crippen molar-refractivity contribution >= 4 is 11.6 Å². The Bertz CT molecular complexity index is 582. The predicted octanol–water partition coefficient (Wildman–Crippen LogP) is 4.63. The van der Waals surface area contributed by atoms with Crippen LogP contribution >= 0.6 is 11.6 Å². The van der Waals surface area contributed by atoms with E-state index in [4.69, 9.17) is 21.1 Å². The van der Waals surface area contributed by atoms with E-state index in [1.807, 2.05) is 51.1 Å². The smallest absolute Gasteiger partial charge is 0.224 e. The van der Waals surface area contributed by atoms with E-state index in [1.54, 1.807) is 0 Å². The topological polar surface area (TPSA) is 31.4 Å². The molecule has 2 aromatic rings. The molecule has 4 heteroatoms. The molecule has 0 bridgehead atoms. The summed E-state index contributed by atoms with van der Waals surface area (Å²) < 4.78 is 11.2. The summed E-state index contributed by atoms with van der Waals surface area (Å²) in [6, 6.07) is 9.48. The lowest BCUT2D eigenvalue weighted by atomic mass is 10.1. The van der Waals surface area contributed by atoms with Gasteiger partial charge in [0.05, 0.1) is 12.5 Å². The minimum Gasteiger partial charge on any atom is -0.494 e. The number of nitrogens with zero attached hydrogens (tertiary/aromatic N) is 1. The Morgan fingerprint density at radius 1 is 1.10 bits per heavy atom. The maximum absolute atomic E-state index is 5.98. The number of aryl methyl sites for hydroxylation is 2. The van der Waals surface area contributed by atoms with Crippen molar-refractivity contribution in [3.8, 4) is 17.4 Å². The first-order valence-corrected chi connectivity index (χ1v) is 7.11. The van der Waals surface area contributed by atoms with Gasteiger partial charge in [0.15, 0.2) is 0 Å². The lowest BCUT2D eigenvalue weighted by Crippen LogP contribution is -1.98. The van der Waals surface area contributed by atoms with Crippen LogP contribution in [0, 0.1) is 13.8 Å². The van der Waals surface area contributed by atoms with Crippen LogP contribution in [0.5, 0.6) is 17.4 Å². The van der Waals surface area contributed by atoms with E-state index in [9.17, 15) is 0 Å². The van der Waals surface area contributed by atoms with Crippen LogP contribution in [0.25, 0.3) is 0 Å². The lowest BCUT2D eigenvalue weighted by molar-refractivity contribution is 0.339. The Kier molecular flexibility index (Phi) is 4.85. The molecule has 0 spiro atoms. The monoisotopic (exact) mass is 291 g/mol. The Morgan fingerprint density at radius 2 is 1.75 bits per heavy atom. The molecule has 0 saturated carbocycles. The first-order chi connectivity index (χ1) is 9.63. The molecular weight excluding hydrogens is 274 g/mol. The molecular formula is C16H18ClNO2. The quantitative estimate of drug-likeness (QED) is 0.753. The summed E-state index contributed by atoms with van der Waals surface area (Å²) in [5.74, 6) is 2.50. The summed E-state index contributed by atoms with van der Waals surface area (Å²) in [5, 5.41) is 0. The Morgan fingerprint density at radius 3 is 2.35 bits per heavy atom. The fraction of sp³-hybridized carbons (Fsp3) is 0.312. The summed E-state index contributed by atoms with van der Waals surface area (Å²) in [5.41, 5.74) is 2.93. The molecule has 3 nitrogen and oxygen atoms in total. The van der Waals surface area contributed by atoms with Crippen LogP contribution in [0.2, 0.25) is 0 Å². The third-order valence-electron chi connectivity index (χ3n) is 2.92. The maximum atomic E-state index is 5.98. The van der Waals surface area contributed by atoms with E-state index < -0.39 is 0 Å². The fourth-order valence-corrected chi connectivity index (χ4v) is 2.28. The summed E-state index contributed by atoms with van der Waals surface area (Å²) in [4.78, 5) is 4.42. The fourth-order valence-electron chi connectivity index (χ4n) is 1.96. The summed E-state index contributed by atoms with van der Waals surface area (Å²) in [6.45, 7) is 6.55. The number of halogens is 1. The van der Waals surface area contributed by atoms with Gasteiger partial charge in [0.25, 0.3) is 0 Å². The van der Waals surface area contributed by atoms with E-state index >= 15 is 0 Å². The van der Waals surface area contributed by atoms with Crippen molar-refractivity contribution in [2.75, 3.05) is 6.61 Å². The standard InChI is InChI=1S/C16H18ClNO2/c1-4-19-13-5-7-14(8-6-13)20-16-15(10-17)11(2)9-12(3)18-16/h5-9H,4,10H2,1-3H3. The van der Waals surface area contributed by atoms with Crippen LogP contribution in [0.4, 0.5) is 0 Å². The number of hydrogen-bond acceptors (Lipinski definition) is 3. The second-order valence-corrected chi connectivity index (χ2v) is 4.77. The maximum Gasteiger partial charge on any atom is 0.224 e. The van der Waals surface area contributed by atoms with Crippen molar-refractivity contribution in [3.05, 3.63) is 47.2 Å². The van der Waals surface area contributed by atoms with Crippen LogP contribution < -0.4 is 9.47 Å². The molecule has 106 valence electrons. The van der Waals surface area contributed by atoms with Crippen LogP contribution in [-0.2, 0) is 5.88 Å². The molecule has 0 saturated heterocycles. The van der Waals surface area contributed by atoms with Gasteiger partial charge >= 0.3 is 0 Å². The van der Waals surface area contributed by atoms with E-state index in [-0.39, 0.29) is 0 Å². The average Bonchev–Trinajstić information content (AvgIpc) is 2.41. The van der Waals surface area contributed by atoms with Gasteiger partial charge in [-0.05, 0) is 56.7 Å². The zero-order valence-corrected chi connectivity index (χ0v) is 12.7. The third-order valence-corrected chi connectivity index (χ3v) is 3.19. The number of rotatable bonds is 5. The molecule has 0 radical (unpaired) electrons. The Labute approximate surface area is 124 Å². The van der Waals surface area contributed by atoms with Gasteiger partial charge in [-0.3, -0.25) is 0 Å². The molecule has 0 aliphatic heterocycles. The zero-order valence-electron chi connectivity index (χ0n) is 11.9. The highest BCUT2D eigenvalue weighted by Crippen LogP contribution is 2.28. The average molecular weight is 292 g/mol. The molecule has 0 unspecified atom stereocenters. The highest BCUT2D eigenvalue weighted by molar-refractivity contribution is 6.17. The number of aromatic nitrogens is 1. The van der Waals surface area contributed by atoms with Crippen molar-refractivity contribution in [2.45, 2.75) is 26.7 Å². The molecule has 1 heterocycles. The Hall–Kier alpha value is -1.74. The van der Waals surface area contributed by atoms with Crippen LogP contribution in [0.1, 0.15) is 23.7 Å². The van der Waals surface area contributed by atoms with Gasteiger partial charge in [0.2, 0.25) is 5.88 Å². The molecule has 0 atom stereocenters. The molecule has 1 aromatic carbocycles. The van der Waals surface area contributed by atoms with Crippen LogP contribution in [0.15, 0.2) is 30.3 Å².